The highest BCUT2D eigenvalue weighted by Gasteiger charge is 2.44. The molecule has 0 aliphatic carbocycles. The first-order chi connectivity index (χ1) is 22.2. The van der Waals surface area contributed by atoms with E-state index in [1.54, 1.807) is 0 Å². The zero-order valence-electron chi connectivity index (χ0n) is 24.9. The fourth-order valence-electron chi connectivity index (χ4n) is 5.10. The first-order valence-electron chi connectivity index (χ1n) is 14.0. The van der Waals surface area contributed by atoms with Gasteiger partial charge in [-0.3, -0.25) is 4.90 Å². The number of carbonyl (C=O) groups is 1. The third-order valence-corrected chi connectivity index (χ3v) is 7.97. The lowest BCUT2D eigenvalue weighted by molar-refractivity contribution is -0.143. The Bertz CT molecular complexity index is 1660. The summed E-state index contributed by atoms with van der Waals surface area (Å²) in [5.74, 6) is 0.260. The van der Waals surface area contributed by atoms with Crippen molar-refractivity contribution in [3.05, 3.63) is 81.4 Å². The summed E-state index contributed by atoms with van der Waals surface area (Å²) in [5, 5.41) is 0.110. The molecule has 260 valence electrons. The Morgan fingerprint density at radius 2 is 1.50 bits per heavy atom. The molecule has 1 amide bonds. The highest BCUT2D eigenvalue weighted by molar-refractivity contribution is 7.80. The zero-order valence-corrected chi connectivity index (χ0v) is 26.5. The van der Waals surface area contributed by atoms with E-state index in [0.717, 1.165) is 23.1 Å². The largest absolute Gasteiger partial charge is 0.496 e. The maximum Gasteiger partial charge on any atom is 0.416 e. The van der Waals surface area contributed by atoms with Crippen LogP contribution < -0.4 is 15.2 Å². The molecule has 1 heterocycles. The van der Waals surface area contributed by atoms with E-state index in [-0.39, 0.29) is 50.9 Å². The fraction of sp³-hybridized carbons (Fsp3) is 0.355. The molecule has 1 aliphatic rings. The van der Waals surface area contributed by atoms with Gasteiger partial charge in [-0.05, 0) is 66.4 Å². The minimum Gasteiger partial charge on any atom is -0.496 e. The molecule has 6 nitrogen and oxygen atoms in total. The second-order valence-corrected chi connectivity index (χ2v) is 11.7. The summed E-state index contributed by atoms with van der Waals surface area (Å²) in [4.78, 5) is 14.2. The summed E-state index contributed by atoms with van der Waals surface area (Å²) in [6.45, 7) is 0.835. The Hall–Kier alpha value is -3.92. The van der Waals surface area contributed by atoms with Gasteiger partial charge >= 0.3 is 24.6 Å². The molecule has 3 aromatic carbocycles. The van der Waals surface area contributed by atoms with Crippen molar-refractivity contribution >= 4 is 34.9 Å². The number of hydrogen-bond acceptors (Lipinski definition) is 5. The summed E-state index contributed by atoms with van der Waals surface area (Å²) < 4.78 is 139. The van der Waals surface area contributed by atoms with Gasteiger partial charge in [0.25, 0.3) is 0 Å². The normalized spacial score (nSPS) is 17.0. The summed E-state index contributed by atoms with van der Waals surface area (Å²) in [6, 6.07) is 5.07. The number of benzene rings is 3. The molecule has 3 aromatic rings. The lowest BCUT2D eigenvalue weighted by Gasteiger charge is -2.24. The number of hydrogen-bond donors (Lipinski definition) is 1. The minimum absolute atomic E-state index is 0.0673. The van der Waals surface area contributed by atoms with Gasteiger partial charge in [0.1, 0.15) is 17.6 Å². The van der Waals surface area contributed by atoms with E-state index in [1.165, 1.54) is 26.2 Å². The molecule has 48 heavy (non-hydrogen) atoms. The van der Waals surface area contributed by atoms with Gasteiger partial charge in [0.2, 0.25) is 0 Å². The minimum atomic E-state index is -5.16. The quantitative estimate of drug-likeness (QED) is 0.127. The molecule has 0 spiro atoms. The Morgan fingerprint density at radius 1 is 0.896 bits per heavy atom. The van der Waals surface area contributed by atoms with Crippen molar-refractivity contribution in [3.8, 4) is 22.6 Å². The number of ether oxygens (including phenoxy) is 3. The van der Waals surface area contributed by atoms with Gasteiger partial charge in [0.15, 0.2) is 0 Å². The predicted octanol–water partition coefficient (Wildman–Crippen LogP) is 9.60. The van der Waals surface area contributed by atoms with Crippen molar-refractivity contribution < 1.29 is 58.5 Å². The monoisotopic (exact) mass is 728 g/mol. The molecule has 0 bridgehead atoms. The van der Waals surface area contributed by atoms with E-state index in [0.29, 0.717) is 25.0 Å². The van der Waals surface area contributed by atoms with Gasteiger partial charge in [-0.1, -0.05) is 29.9 Å². The van der Waals surface area contributed by atoms with E-state index in [2.05, 4.69) is 0 Å². The number of nitrogens with two attached hydrogens (primary N) is 1. The molecule has 1 saturated heterocycles. The van der Waals surface area contributed by atoms with Gasteiger partial charge in [-0.15, -0.1) is 0 Å². The van der Waals surface area contributed by atoms with Crippen LogP contribution in [0, 0.1) is 0 Å². The smallest absolute Gasteiger partial charge is 0.416 e. The third kappa shape index (κ3) is 8.38. The molecule has 0 saturated carbocycles. The zero-order chi connectivity index (χ0) is 35.8. The number of cyclic esters (lactones) is 1. The van der Waals surface area contributed by atoms with Crippen LogP contribution in [0.3, 0.4) is 0 Å². The lowest BCUT2D eigenvalue weighted by Crippen LogP contribution is -2.32. The standard InChI is InChI=1S/C31H26ClF9N2O4S/c1-15-27(16-8-19(30(36,37)38)11-20(9-16)31(39,40)41)47-28(44)43(15)14-17-10-18(29(33,34)35)5-6-21(17)22-12-25(23(32)13-24(22)45-2)46-7-3-4-26(42)48/h5-6,8-13,15,27H,3-4,7,14H2,1-2H3,(H2,42,48)/t15-,27-/m0/s1. The number of rotatable bonds is 10. The van der Waals surface area contributed by atoms with E-state index in [1.807, 2.05) is 0 Å². The first-order valence-corrected chi connectivity index (χ1v) is 14.7. The molecule has 1 aliphatic heterocycles. The van der Waals surface area contributed by atoms with Crippen LogP contribution in [0.25, 0.3) is 11.1 Å². The van der Waals surface area contributed by atoms with Gasteiger partial charge in [0, 0.05) is 18.1 Å². The molecule has 17 heteroatoms. The van der Waals surface area contributed by atoms with Crippen molar-refractivity contribution in [1.29, 1.82) is 0 Å². The van der Waals surface area contributed by atoms with Gasteiger partial charge in [0.05, 0.1) is 53.0 Å². The van der Waals surface area contributed by atoms with E-state index >= 15 is 0 Å². The van der Waals surface area contributed by atoms with Crippen molar-refractivity contribution in [1.82, 2.24) is 4.90 Å². The average molecular weight is 729 g/mol. The average Bonchev–Trinajstić information content (AvgIpc) is 3.26. The van der Waals surface area contributed by atoms with Crippen LogP contribution in [0.4, 0.5) is 44.3 Å². The summed E-state index contributed by atoms with van der Waals surface area (Å²) in [5.41, 5.74) is 0.816. The molecule has 4 rings (SSSR count). The van der Waals surface area contributed by atoms with Gasteiger partial charge < -0.3 is 19.9 Å². The van der Waals surface area contributed by atoms with Gasteiger partial charge in [-0.25, -0.2) is 4.79 Å². The Labute approximate surface area is 278 Å². The molecular weight excluding hydrogens is 703 g/mol. The maximum atomic E-state index is 13.8. The van der Waals surface area contributed by atoms with Crippen LogP contribution >= 0.6 is 23.8 Å². The van der Waals surface area contributed by atoms with Crippen LogP contribution in [0.15, 0.2) is 48.5 Å². The summed E-state index contributed by atoms with van der Waals surface area (Å²) in [7, 11) is 1.29. The van der Waals surface area contributed by atoms with Crippen LogP contribution in [0.5, 0.6) is 11.5 Å². The number of carbonyl (C=O) groups excluding carboxylic acids is 1. The van der Waals surface area contributed by atoms with Crippen LogP contribution in [-0.2, 0) is 29.8 Å². The molecule has 2 atom stereocenters. The van der Waals surface area contributed by atoms with Crippen LogP contribution in [0.1, 0.15) is 53.7 Å². The van der Waals surface area contributed by atoms with E-state index < -0.39 is 65.6 Å². The Kier molecular flexibility index (Phi) is 10.7. The van der Waals surface area contributed by atoms with Crippen molar-refractivity contribution in [2.45, 2.75) is 57.0 Å². The molecule has 2 N–H and O–H groups in total. The van der Waals surface area contributed by atoms with Crippen LogP contribution in [-0.4, -0.2) is 35.7 Å². The van der Waals surface area contributed by atoms with E-state index in [9.17, 15) is 44.3 Å². The third-order valence-electron chi connectivity index (χ3n) is 7.47. The molecule has 0 unspecified atom stereocenters. The van der Waals surface area contributed by atoms with Crippen molar-refractivity contribution in [2.24, 2.45) is 5.73 Å². The molecule has 0 radical (unpaired) electrons. The van der Waals surface area contributed by atoms with Crippen molar-refractivity contribution in [2.75, 3.05) is 13.7 Å². The molecule has 1 fully saturated rings. The number of alkyl halides is 9. The van der Waals surface area contributed by atoms with E-state index in [4.69, 9.17) is 43.8 Å². The van der Waals surface area contributed by atoms with Crippen molar-refractivity contribution in [3.63, 3.8) is 0 Å². The topological polar surface area (TPSA) is 74.0 Å². The highest BCUT2D eigenvalue weighted by Crippen LogP contribution is 2.44. The SMILES string of the molecule is COc1cc(Cl)c(OCCCC(N)=S)cc1-c1ccc(C(F)(F)F)cc1CN1C(=O)O[C@H](c2cc(C(F)(F)F)cc(C(F)(F)F)c2)[C@@H]1C. The van der Waals surface area contributed by atoms with Gasteiger partial charge in [-0.2, -0.15) is 39.5 Å². The number of amides is 1. The number of thiocarbonyl (C=S) groups is 1. The summed E-state index contributed by atoms with van der Waals surface area (Å²) in [6.07, 6.45) is -17.1. The Morgan fingerprint density at radius 3 is 2.04 bits per heavy atom. The number of nitrogens with zero attached hydrogens (tertiary/aromatic N) is 1. The summed E-state index contributed by atoms with van der Waals surface area (Å²) >= 11 is 11.2. The molecular formula is C31H26ClF9N2O4S. The maximum absolute atomic E-state index is 13.8. The Balaban J connectivity index is 1.76. The number of methoxy groups -OCH3 is 1. The first kappa shape index (κ1) is 36.9. The second kappa shape index (κ2) is 13.9. The molecule has 0 aromatic heterocycles. The lowest BCUT2D eigenvalue weighted by atomic mass is 9.94. The predicted molar refractivity (Wildman–Crippen MR) is 161 cm³/mol. The second-order valence-electron chi connectivity index (χ2n) is 10.8. The fourth-order valence-corrected chi connectivity index (χ4v) is 5.46. The highest BCUT2D eigenvalue weighted by atomic mass is 35.5. The van der Waals surface area contributed by atoms with Crippen LogP contribution in [0.2, 0.25) is 5.02 Å². The number of halogens is 10.